The van der Waals surface area contributed by atoms with Crippen LogP contribution in [-0.2, 0) is 13.1 Å². The van der Waals surface area contributed by atoms with Gasteiger partial charge in [0.25, 0.3) is 0 Å². The molecule has 1 aromatic rings. The number of piperazine rings is 1. The van der Waals surface area contributed by atoms with Crippen molar-refractivity contribution in [1.29, 1.82) is 0 Å². The summed E-state index contributed by atoms with van der Waals surface area (Å²) in [5.74, 6) is 0.901. The summed E-state index contributed by atoms with van der Waals surface area (Å²) >= 11 is 0. The average Bonchev–Trinajstić information content (AvgIpc) is 2.96. The van der Waals surface area contributed by atoms with Crippen molar-refractivity contribution in [2.24, 2.45) is 5.92 Å². The van der Waals surface area contributed by atoms with Crippen LogP contribution in [0.1, 0.15) is 44.6 Å². The van der Waals surface area contributed by atoms with Crippen LogP contribution in [0, 0.1) is 5.92 Å². The molecule has 2 fully saturated rings. The van der Waals surface area contributed by atoms with Crippen LogP contribution in [0.4, 0.5) is 0 Å². The van der Waals surface area contributed by atoms with E-state index in [1.54, 1.807) is 0 Å². The minimum Gasteiger partial charge on any atom is -0.314 e. The van der Waals surface area contributed by atoms with E-state index in [0.717, 1.165) is 31.6 Å². The minimum absolute atomic E-state index is 0.731. The molecule has 2 heterocycles. The van der Waals surface area contributed by atoms with Crippen molar-refractivity contribution in [3.8, 4) is 0 Å². The fraction of sp³-hybridized carbons (Fsp3) is 0.812. The summed E-state index contributed by atoms with van der Waals surface area (Å²) in [6.07, 6.45) is 11.4. The summed E-state index contributed by atoms with van der Waals surface area (Å²) < 4.78 is 2.03. The number of aryl methyl sites for hydroxylation is 1. The van der Waals surface area contributed by atoms with Crippen LogP contribution in [0.2, 0.25) is 0 Å². The number of aromatic nitrogens is 2. The van der Waals surface area contributed by atoms with Crippen LogP contribution < -0.4 is 5.32 Å². The summed E-state index contributed by atoms with van der Waals surface area (Å²) in [5, 5.41) is 8.01. The molecule has 0 bridgehead atoms. The van der Waals surface area contributed by atoms with Crippen LogP contribution >= 0.6 is 0 Å². The largest absolute Gasteiger partial charge is 0.314 e. The van der Waals surface area contributed by atoms with Crippen LogP contribution in [0.3, 0.4) is 0 Å². The monoisotopic (exact) mass is 276 g/mol. The highest BCUT2D eigenvalue weighted by Crippen LogP contribution is 2.30. The van der Waals surface area contributed by atoms with Crippen molar-refractivity contribution in [3.05, 3.63) is 18.0 Å². The summed E-state index contributed by atoms with van der Waals surface area (Å²) in [5.41, 5.74) is 1.37. The molecule has 3 rings (SSSR count). The van der Waals surface area contributed by atoms with Crippen LogP contribution in [0.15, 0.2) is 12.4 Å². The molecule has 0 amide bonds. The Morgan fingerprint density at radius 1 is 1.30 bits per heavy atom. The van der Waals surface area contributed by atoms with E-state index in [-0.39, 0.29) is 0 Å². The first-order chi connectivity index (χ1) is 9.86. The number of nitrogens with zero attached hydrogens (tertiary/aromatic N) is 3. The van der Waals surface area contributed by atoms with Crippen molar-refractivity contribution in [2.45, 2.75) is 58.2 Å². The Kier molecular flexibility index (Phi) is 4.73. The Morgan fingerprint density at radius 3 is 2.90 bits per heavy atom. The molecule has 4 nitrogen and oxygen atoms in total. The Hall–Kier alpha value is -0.870. The van der Waals surface area contributed by atoms with Gasteiger partial charge in [0.2, 0.25) is 0 Å². The second-order valence-electron chi connectivity index (χ2n) is 6.34. The zero-order valence-electron chi connectivity index (χ0n) is 12.7. The van der Waals surface area contributed by atoms with Gasteiger partial charge in [-0.15, -0.1) is 0 Å². The average molecular weight is 276 g/mol. The molecule has 0 spiro atoms. The lowest BCUT2D eigenvalue weighted by molar-refractivity contribution is 0.0859. The lowest BCUT2D eigenvalue weighted by atomic mass is 9.82. The van der Waals surface area contributed by atoms with E-state index in [1.807, 2.05) is 10.9 Å². The van der Waals surface area contributed by atoms with Gasteiger partial charge in [-0.3, -0.25) is 9.58 Å². The molecule has 1 N–H and O–H groups in total. The van der Waals surface area contributed by atoms with Crippen LogP contribution in [-0.4, -0.2) is 40.4 Å². The molecule has 4 heteroatoms. The number of nitrogens with one attached hydrogen (secondary N) is 1. The molecule has 1 unspecified atom stereocenters. The van der Waals surface area contributed by atoms with Crippen molar-refractivity contribution < 1.29 is 0 Å². The van der Waals surface area contributed by atoms with Gasteiger partial charge in [-0.25, -0.2) is 0 Å². The SMILES string of the molecule is CCn1cc(CN2CCNCC2C2CCCCC2)cn1. The third-order valence-electron chi connectivity index (χ3n) is 4.99. The molecule has 1 saturated heterocycles. The maximum atomic E-state index is 4.41. The molecular formula is C16H28N4. The first-order valence-corrected chi connectivity index (χ1v) is 8.33. The van der Waals surface area contributed by atoms with E-state index in [2.05, 4.69) is 28.4 Å². The maximum Gasteiger partial charge on any atom is 0.0534 e. The van der Waals surface area contributed by atoms with Gasteiger partial charge in [-0.1, -0.05) is 19.3 Å². The Bertz CT molecular complexity index is 408. The van der Waals surface area contributed by atoms with Crippen LogP contribution in [0.5, 0.6) is 0 Å². The smallest absolute Gasteiger partial charge is 0.0534 e. The van der Waals surface area contributed by atoms with E-state index in [9.17, 15) is 0 Å². The summed E-state index contributed by atoms with van der Waals surface area (Å²) in [4.78, 5) is 2.70. The molecular weight excluding hydrogens is 248 g/mol. The number of rotatable bonds is 4. The second kappa shape index (κ2) is 6.72. The highest BCUT2D eigenvalue weighted by atomic mass is 15.3. The highest BCUT2D eigenvalue weighted by Gasteiger charge is 2.30. The van der Waals surface area contributed by atoms with Gasteiger partial charge in [-0.2, -0.15) is 5.10 Å². The van der Waals surface area contributed by atoms with Gasteiger partial charge < -0.3 is 5.32 Å². The summed E-state index contributed by atoms with van der Waals surface area (Å²) in [7, 11) is 0. The van der Waals surface area contributed by atoms with Gasteiger partial charge in [0.1, 0.15) is 0 Å². The molecule has 20 heavy (non-hydrogen) atoms. The van der Waals surface area contributed by atoms with E-state index < -0.39 is 0 Å². The third-order valence-corrected chi connectivity index (χ3v) is 4.99. The van der Waals surface area contributed by atoms with Gasteiger partial charge in [0.15, 0.2) is 0 Å². The first kappa shape index (κ1) is 14.1. The standard InChI is InChI=1S/C16H28N4/c1-2-20-13-14(10-18-20)12-19-9-8-17-11-16(19)15-6-4-3-5-7-15/h10,13,15-17H,2-9,11-12H2,1H3. The Labute approximate surface area is 122 Å². The van der Waals surface area contributed by atoms with Gasteiger partial charge >= 0.3 is 0 Å². The quantitative estimate of drug-likeness (QED) is 0.915. The zero-order chi connectivity index (χ0) is 13.8. The van der Waals surface area contributed by atoms with E-state index in [0.29, 0.717) is 0 Å². The molecule has 1 atom stereocenters. The van der Waals surface area contributed by atoms with Crippen molar-refractivity contribution in [3.63, 3.8) is 0 Å². The topological polar surface area (TPSA) is 33.1 Å². The molecule has 1 aliphatic heterocycles. The first-order valence-electron chi connectivity index (χ1n) is 8.33. The molecule has 2 aliphatic rings. The lowest BCUT2D eigenvalue weighted by Crippen LogP contribution is -2.54. The molecule has 1 aliphatic carbocycles. The normalized spacial score (nSPS) is 25.9. The van der Waals surface area contributed by atoms with Gasteiger partial charge in [0, 0.05) is 50.5 Å². The van der Waals surface area contributed by atoms with E-state index >= 15 is 0 Å². The predicted molar refractivity (Wildman–Crippen MR) is 81.5 cm³/mol. The minimum atomic E-state index is 0.731. The Morgan fingerprint density at radius 2 is 2.15 bits per heavy atom. The van der Waals surface area contributed by atoms with Crippen LogP contribution in [0.25, 0.3) is 0 Å². The fourth-order valence-electron chi connectivity index (χ4n) is 3.84. The Balaban J connectivity index is 1.65. The fourth-order valence-corrected chi connectivity index (χ4v) is 3.84. The molecule has 0 radical (unpaired) electrons. The predicted octanol–water partition coefficient (Wildman–Crippen LogP) is 2.26. The summed E-state index contributed by atoms with van der Waals surface area (Å²) in [6.45, 7) is 7.67. The molecule has 1 saturated carbocycles. The molecule has 0 aromatic carbocycles. The maximum absolute atomic E-state index is 4.41. The van der Waals surface area contributed by atoms with Crippen molar-refractivity contribution in [1.82, 2.24) is 20.0 Å². The number of hydrogen-bond acceptors (Lipinski definition) is 3. The second-order valence-corrected chi connectivity index (χ2v) is 6.34. The van der Waals surface area contributed by atoms with Crippen molar-refractivity contribution >= 4 is 0 Å². The van der Waals surface area contributed by atoms with E-state index in [1.165, 1.54) is 50.8 Å². The third kappa shape index (κ3) is 3.23. The van der Waals surface area contributed by atoms with Gasteiger partial charge in [0.05, 0.1) is 6.20 Å². The van der Waals surface area contributed by atoms with Crippen molar-refractivity contribution in [2.75, 3.05) is 19.6 Å². The summed E-state index contributed by atoms with van der Waals surface area (Å²) in [6, 6.07) is 0.731. The number of hydrogen-bond donors (Lipinski definition) is 1. The molecule has 1 aromatic heterocycles. The van der Waals surface area contributed by atoms with E-state index in [4.69, 9.17) is 0 Å². The van der Waals surface area contributed by atoms with Gasteiger partial charge in [-0.05, 0) is 25.7 Å². The zero-order valence-corrected chi connectivity index (χ0v) is 12.7. The lowest BCUT2D eigenvalue weighted by Gasteiger charge is -2.42. The molecule has 112 valence electrons. The highest BCUT2D eigenvalue weighted by molar-refractivity contribution is 5.05.